The lowest BCUT2D eigenvalue weighted by Crippen LogP contribution is -2.27. The number of carbonyl (C=O) groups is 1. The van der Waals surface area contributed by atoms with Gasteiger partial charge in [-0.1, -0.05) is 37.0 Å². The molecule has 20 heavy (non-hydrogen) atoms. The summed E-state index contributed by atoms with van der Waals surface area (Å²) in [7, 11) is 0. The summed E-state index contributed by atoms with van der Waals surface area (Å²) in [6, 6.07) is 4.84. The SMILES string of the molecule is C1CCNC1.CC(C)CNC(=O)c1ccc(Cl)cc1Cl. The van der Waals surface area contributed by atoms with E-state index in [0.717, 1.165) is 0 Å². The third-order valence-corrected chi connectivity index (χ3v) is 3.35. The van der Waals surface area contributed by atoms with E-state index in [1.807, 2.05) is 13.8 Å². The Morgan fingerprint density at radius 1 is 1.30 bits per heavy atom. The van der Waals surface area contributed by atoms with Crippen LogP contribution < -0.4 is 10.6 Å². The molecule has 5 heteroatoms. The second-order valence-corrected chi connectivity index (χ2v) is 6.03. The molecule has 2 rings (SSSR count). The molecule has 0 aromatic heterocycles. The highest BCUT2D eigenvalue weighted by molar-refractivity contribution is 6.36. The van der Waals surface area contributed by atoms with Gasteiger partial charge in [-0.2, -0.15) is 0 Å². The van der Waals surface area contributed by atoms with Crippen LogP contribution in [0.25, 0.3) is 0 Å². The number of carbonyl (C=O) groups excluding carboxylic acids is 1. The molecule has 1 aliphatic rings. The number of hydrogen-bond acceptors (Lipinski definition) is 2. The van der Waals surface area contributed by atoms with Gasteiger partial charge in [0.15, 0.2) is 0 Å². The normalized spacial score (nSPS) is 13.8. The fourth-order valence-electron chi connectivity index (χ4n) is 1.69. The summed E-state index contributed by atoms with van der Waals surface area (Å²) in [5.74, 6) is 0.255. The molecule has 0 spiro atoms. The average molecular weight is 317 g/mol. The van der Waals surface area contributed by atoms with Gasteiger partial charge in [0.1, 0.15) is 0 Å². The lowest BCUT2D eigenvalue weighted by Gasteiger charge is -2.08. The summed E-state index contributed by atoms with van der Waals surface area (Å²) in [4.78, 5) is 11.6. The molecule has 112 valence electrons. The average Bonchev–Trinajstić information content (AvgIpc) is 2.95. The number of benzene rings is 1. The molecule has 0 bridgehead atoms. The van der Waals surface area contributed by atoms with Crippen molar-refractivity contribution < 1.29 is 4.79 Å². The molecule has 2 N–H and O–H groups in total. The van der Waals surface area contributed by atoms with Gasteiger partial charge in [0.25, 0.3) is 5.91 Å². The standard InChI is InChI=1S/C11H13Cl2NO.C4H9N/c1-7(2)6-14-11(15)9-4-3-8(12)5-10(9)13;1-2-4-5-3-1/h3-5,7H,6H2,1-2H3,(H,14,15);5H,1-4H2. The van der Waals surface area contributed by atoms with Gasteiger partial charge in [0, 0.05) is 11.6 Å². The molecular weight excluding hydrogens is 295 g/mol. The maximum atomic E-state index is 11.6. The molecule has 3 nitrogen and oxygen atoms in total. The fraction of sp³-hybridized carbons (Fsp3) is 0.533. The van der Waals surface area contributed by atoms with Crippen molar-refractivity contribution in [3.05, 3.63) is 33.8 Å². The van der Waals surface area contributed by atoms with Crippen molar-refractivity contribution >= 4 is 29.1 Å². The molecule has 1 amide bonds. The molecule has 0 aliphatic carbocycles. The van der Waals surface area contributed by atoms with E-state index < -0.39 is 0 Å². The highest BCUT2D eigenvalue weighted by atomic mass is 35.5. The monoisotopic (exact) mass is 316 g/mol. The molecule has 1 aliphatic heterocycles. The molecule has 1 aromatic rings. The van der Waals surface area contributed by atoms with Gasteiger partial charge < -0.3 is 10.6 Å². The van der Waals surface area contributed by atoms with Crippen molar-refractivity contribution in [1.29, 1.82) is 0 Å². The molecule has 0 unspecified atom stereocenters. The van der Waals surface area contributed by atoms with Crippen molar-refractivity contribution in [2.24, 2.45) is 5.92 Å². The lowest BCUT2D eigenvalue weighted by atomic mass is 10.2. The van der Waals surface area contributed by atoms with E-state index in [4.69, 9.17) is 23.2 Å². The molecule has 0 radical (unpaired) electrons. The van der Waals surface area contributed by atoms with Crippen molar-refractivity contribution in [1.82, 2.24) is 10.6 Å². The van der Waals surface area contributed by atoms with Crippen molar-refractivity contribution in [2.45, 2.75) is 26.7 Å². The molecule has 0 atom stereocenters. The summed E-state index contributed by atoms with van der Waals surface area (Å²) in [5, 5.41) is 6.92. The van der Waals surface area contributed by atoms with Crippen molar-refractivity contribution in [3.8, 4) is 0 Å². The van der Waals surface area contributed by atoms with Crippen LogP contribution in [0.2, 0.25) is 10.0 Å². The first-order valence-corrected chi connectivity index (χ1v) is 7.70. The van der Waals surface area contributed by atoms with E-state index >= 15 is 0 Å². The smallest absolute Gasteiger partial charge is 0.252 e. The van der Waals surface area contributed by atoms with E-state index in [1.165, 1.54) is 25.9 Å². The highest BCUT2D eigenvalue weighted by Crippen LogP contribution is 2.20. The van der Waals surface area contributed by atoms with Crippen LogP contribution >= 0.6 is 23.2 Å². The largest absolute Gasteiger partial charge is 0.352 e. The molecule has 1 fully saturated rings. The second-order valence-electron chi connectivity index (χ2n) is 5.19. The first-order valence-electron chi connectivity index (χ1n) is 6.94. The predicted octanol–water partition coefficient (Wildman–Crippen LogP) is 3.75. The minimum atomic E-state index is -0.162. The molecule has 1 aromatic carbocycles. The summed E-state index contributed by atoms with van der Waals surface area (Å²) in [5.41, 5.74) is 0.460. The highest BCUT2D eigenvalue weighted by Gasteiger charge is 2.10. The van der Waals surface area contributed by atoms with Crippen LogP contribution in [0.4, 0.5) is 0 Å². The van der Waals surface area contributed by atoms with Gasteiger partial charge in [-0.05, 0) is 50.0 Å². The number of amides is 1. The summed E-state index contributed by atoms with van der Waals surface area (Å²) < 4.78 is 0. The number of nitrogens with one attached hydrogen (secondary N) is 2. The van der Waals surface area contributed by atoms with Crippen molar-refractivity contribution in [3.63, 3.8) is 0 Å². The van der Waals surface area contributed by atoms with Crippen LogP contribution in [-0.4, -0.2) is 25.5 Å². The van der Waals surface area contributed by atoms with E-state index in [0.29, 0.717) is 28.1 Å². The van der Waals surface area contributed by atoms with Gasteiger partial charge in [-0.3, -0.25) is 4.79 Å². The van der Waals surface area contributed by atoms with E-state index in [9.17, 15) is 4.79 Å². The zero-order valence-corrected chi connectivity index (χ0v) is 13.5. The minimum absolute atomic E-state index is 0.162. The topological polar surface area (TPSA) is 41.1 Å². The predicted molar refractivity (Wildman–Crippen MR) is 85.7 cm³/mol. The maximum absolute atomic E-state index is 11.6. The Labute approximate surface area is 131 Å². The van der Waals surface area contributed by atoms with Gasteiger partial charge in [0.05, 0.1) is 10.6 Å². The Hall–Kier alpha value is -0.770. The van der Waals surface area contributed by atoms with Crippen LogP contribution in [0.5, 0.6) is 0 Å². The van der Waals surface area contributed by atoms with Gasteiger partial charge >= 0.3 is 0 Å². The second kappa shape index (κ2) is 9.22. The Morgan fingerprint density at radius 3 is 2.40 bits per heavy atom. The summed E-state index contributed by atoms with van der Waals surface area (Å²) >= 11 is 11.6. The van der Waals surface area contributed by atoms with Crippen LogP contribution in [-0.2, 0) is 0 Å². The third kappa shape index (κ3) is 6.60. The van der Waals surface area contributed by atoms with E-state index in [1.54, 1.807) is 18.2 Å². The lowest BCUT2D eigenvalue weighted by molar-refractivity contribution is 0.0949. The zero-order chi connectivity index (χ0) is 15.0. The van der Waals surface area contributed by atoms with E-state index in [2.05, 4.69) is 10.6 Å². The van der Waals surface area contributed by atoms with Crippen LogP contribution in [0.15, 0.2) is 18.2 Å². The zero-order valence-electron chi connectivity index (χ0n) is 12.0. The summed E-state index contributed by atoms with van der Waals surface area (Å²) in [6.45, 7) is 7.20. The van der Waals surface area contributed by atoms with E-state index in [-0.39, 0.29) is 5.91 Å². The fourth-order valence-corrected chi connectivity index (χ4v) is 2.18. The Morgan fingerprint density at radius 2 is 1.95 bits per heavy atom. The maximum Gasteiger partial charge on any atom is 0.252 e. The molecular formula is C15H22Cl2N2O. The number of rotatable bonds is 3. The Bertz CT molecular complexity index is 424. The molecule has 1 saturated heterocycles. The van der Waals surface area contributed by atoms with Gasteiger partial charge in [-0.15, -0.1) is 0 Å². The quantitative estimate of drug-likeness (QED) is 0.891. The van der Waals surface area contributed by atoms with Gasteiger partial charge in [0.2, 0.25) is 0 Å². The minimum Gasteiger partial charge on any atom is -0.352 e. The van der Waals surface area contributed by atoms with Crippen LogP contribution in [0.3, 0.4) is 0 Å². The van der Waals surface area contributed by atoms with Crippen LogP contribution in [0, 0.1) is 5.92 Å². The summed E-state index contributed by atoms with van der Waals surface area (Å²) in [6.07, 6.45) is 2.78. The first-order chi connectivity index (χ1) is 9.50. The number of halogens is 2. The Kier molecular flexibility index (Phi) is 7.97. The molecule has 0 saturated carbocycles. The Balaban J connectivity index is 0.000000333. The van der Waals surface area contributed by atoms with Crippen molar-refractivity contribution in [2.75, 3.05) is 19.6 Å². The molecule has 1 heterocycles. The van der Waals surface area contributed by atoms with Gasteiger partial charge in [-0.25, -0.2) is 0 Å². The first kappa shape index (κ1) is 17.3. The number of hydrogen-bond donors (Lipinski definition) is 2. The van der Waals surface area contributed by atoms with Crippen LogP contribution in [0.1, 0.15) is 37.0 Å². The third-order valence-electron chi connectivity index (χ3n) is 2.80.